The third-order valence-electron chi connectivity index (χ3n) is 3.21. The van der Waals surface area contributed by atoms with Crippen molar-refractivity contribution in [2.45, 2.75) is 65.7 Å². The molecule has 0 heterocycles. The molecule has 1 N–H and O–H groups in total. The number of rotatable bonds is 10. The highest BCUT2D eigenvalue weighted by Gasteiger charge is 2.46. The monoisotopic (exact) mass is 258 g/mol. The molecule has 1 atom stereocenters. The molecule has 106 valence electrons. The first-order chi connectivity index (χ1) is 8.55. The second-order valence-electron chi connectivity index (χ2n) is 4.67. The van der Waals surface area contributed by atoms with E-state index in [9.17, 15) is 14.7 Å². The highest BCUT2D eigenvalue weighted by molar-refractivity contribution is 5.99. The summed E-state index contributed by atoms with van der Waals surface area (Å²) in [6.45, 7) is 5.92. The summed E-state index contributed by atoms with van der Waals surface area (Å²) in [6.07, 6.45) is 5.30. The number of carboxylic acid groups (broad SMARTS) is 1. The van der Waals surface area contributed by atoms with Crippen LogP contribution in [0.15, 0.2) is 0 Å². The van der Waals surface area contributed by atoms with Gasteiger partial charge in [-0.2, -0.15) is 0 Å². The smallest absolute Gasteiger partial charge is 0.323 e. The van der Waals surface area contributed by atoms with Crippen molar-refractivity contribution in [2.75, 3.05) is 6.61 Å². The van der Waals surface area contributed by atoms with Gasteiger partial charge in [-0.15, -0.1) is 0 Å². The van der Waals surface area contributed by atoms with Gasteiger partial charge in [0.05, 0.1) is 6.61 Å². The molecule has 18 heavy (non-hydrogen) atoms. The standard InChI is InChI=1S/C14H26O4/c1-4-7-8-9-11-14(10-5-2,12(15)16)13(17)18-6-3/h4-11H2,1-3H3,(H,15,16). The number of aliphatic carboxylic acids is 1. The summed E-state index contributed by atoms with van der Waals surface area (Å²) in [5, 5.41) is 9.41. The van der Waals surface area contributed by atoms with Crippen LogP contribution < -0.4 is 0 Å². The lowest BCUT2D eigenvalue weighted by Crippen LogP contribution is -2.40. The Morgan fingerprint density at radius 3 is 2.11 bits per heavy atom. The van der Waals surface area contributed by atoms with Crippen molar-refractivity contribution in [3.8, 4) is 0 Å². The van der Waals surface area contributed by atoms with Crippen molar-refractivity contribution in [1.82, 2.24) is 0 Å². The average molecular weight is 258 g/mol. The van der Waals surface area contributed by atoms with Gasteiger partial charge >= 0.3 is 11.9 Å². The zero-order valence-corrected chi connectivity index (χ0v) is 11.8. The van der Waals surface area contributed by atoms with Gasteiger partial charge in [0, 0.05) is 0 Å². The van der Waals surface area contributed by atoms with Gasteiger partial charge < -0.3 is 9.84 Å². The third kappa shape index (κ3) is 4.67. The molecule has 0 saturated carbocycles. The van der Waals surface area contributed by atoms with Crippen molar-refractivity contribution >= 4 is 11.9 Å². The highest BCUT2D eigenvalue weighted by atomic mass is 16.5. The van der Waals surface area contributed by atoms with Crippen LogP contribution in [-0.2, 0) is 14.3 Å². The Morgan fingerprint density at radius 2 is 1.67 bits per heavy atom. The average Bonchev–Trinajstić information content (AvgIpc) is 2.33. The number of carbonyl (C=O) groups is 2. The molecule has 0 aliphatic heterocycles. The predicted octanol–water partition coefficient (Wildman–Crippen LogP) is 3.39. The maximum absolute atomic E-state index is 12.0. The van der Waals surface area contributed by atoms with Gasteiger partial charge in [-0.05, 0) is 19.8 Å². The lowest BCUT2D eigenvalue weighted by atomic mass is 9.78. The number of hydrogen-bond acceptors (Lipinski definition) is 3. The molecule has 0 fully saturated rings. The molecule has 0 aliphatic rings. The van der Waals surface area contributed by atoms with E-state index >= 15 is 0 Å². The van der Waals surface area contributed by atoms with Crippen molar-refractivity contribution in [3.63, 3.8) is 0 Å². The van der Waals surface area contributed by atoms with Crippen molar-refractivity contribution < 1.29 is 19.4 Å². The van der Waals surface area contributed by atoms with Crippen LogP contribution in [0.2, 0.25) is 0 Å². The lowest BCUT2D eigenvalue weighted by molar-refractivity contribution is -0.170. The molecular formula is C14H26O4. The number of unbranched alkanes of at least 4 members (excludes halogenated alkanes) is 3. The van der Waals surface area contributed by atoms with E-state index in [1.165, 1.54) is 0 Å². The molecule has 0 aromatic rings. The van der Waals surface area contributed by atoms with Crippen LogP contribution in [0, 0.1) is 5.41 Å². The minimum Gasteiger partial charge on any atom is -0.480 e. The molecule has 4 heteroatoms. The minimum absolute atomic E-state index is 0.229. The van der Waals surface area contributed by atoms with E-state index in [4.69, 9.17) is 4.74 Å². The molecule has 0 radical (unpaired) electrons. The number of carbonyl (C=O) groups excluding carboxylic acids is 1. The Kier molecular flexibility index (Phi) is 8.42. The Labute approximate surface area is 110 Å². The molecule has 0 aromatic carbocycles. The van der Waals surface area contributed by atoms with E-state index in [0.717, 1.165) is 25.7 Å². The molecular weight excluding hydrogens is 232 g/mol. The molecule has 0 aliphatic carbocycles. The summed E-state index contributed by atoms with van der Waals surface area (Å²) >= 11 is 0. The van der Waals surface area contributed by atoms with Crippen molar-refractivity contribution in [1.29, 1.82) is 0 Å². The van der Waals surface area contributed by atoms with Crippen molar-refractivity contribution in [2.24, 2.45) is 5.41 Å². The van der Waals surface area contributed by atoms with E-state index in [2.05, 4.69) is 6.92 Å². The minimum atomic E-state index is -1.33. The SMILES string of the molecule is CCCCCCC(CCC)(C(=O)O)C(=O)OCC. The van der Waals surface area contributed by atoms with Crippen LogP contribution in [0.25, 0.3) is 0 Å². The van der Waals surface area contributed by atoms with Crippen LogP contribution >= 0.6 is 0 Å². The number of ether oxygens (including phenoxy) is 1. The Bertz CT molecular complexity index is 263. The van der Waals surface area contributed by atoms with Gasteiger partial charge in [0.25, 0.3) is 0 Å². The molecule has 0 spiro atoms. The van der Waals surface area contributed by atoms with E-state index in [1.807, 2.05) is 6.92 Å². The fourth-order valence-electron chi connectivity index (χ4n) is 2.18. The molecule has 4 nitrogen and oxygen atoms in total. The quantitative estimate of drug-likeness (QED) is 0.370. The fraction of sp³-hybridized carbons (Fsp3) is 0.857. The topological polar surface area (TPSA) is 63.6 Å². The molecule has 0 bridgehead atoms. The zero-order chi connectivity index (χ0) is 14.0. The first-order valence-corrected chi connectivity index (χ1v) is 6.95. The van der Waals surface area contributed by atoms with Crippen LogP contribution in [-0.4, -0.2) is 23.7 Å². The van der Waals surface area contributed by atoms with Gasteiger partial charge in [0.15, 0.2) is 5.41 Å². The van der Waals surface area contributed by atoms with Crippen LogP contribution in [0.5, 0.6) is 0 Å². The van der Waals surface area contributed by atoms with Gasteiger partial charge in [0.2, 0.25) is 0 Å². The number of esters is 1. The molecule has 1 unspecified atom stereocenters. The molecule has 0 rings (SSSR count). The first kappa shape index (κ1) is 16.9. The maximum Gasteiger partial charge on any atom is 0.323 e. The third-order valence-corrected chi connectivity index (χ3v) is 3.21. The summed E-state index contributed by atoms with van der Waals surface area (Å²) in [6, 6.07) is 0. The van der Waals surface area contributed by atoms with Gasteiger partial charge in [-0.3, -0.25) is 9.59 Å². The molecule has 0 saturated heterocycles. The van der Waals surface area contributed by atoms with Crippen LogP contribution in [0.4, 0.5) is 0 Å². The summed E-state index contributed by atoms with van der Waals surface area (Å²) in [4.78, 5) is 23.4. The van der Waals surface area contributed by atoms with E-state index in [0.29, 0.717) is 19.3 Å². The van der Waals surface area contributed by atoms with Crippen molar-refractivity contribution in [3.05, 3.63) is 0 Å². The molecule has 0 aromatic heterocycles. The Hall–Kier alpha value is -1.06. The number of carboxylic acids is 1. The summed E-state index contributed by atoms with van der Waals surface area (Å²) < 4.78 is 4.96. The van der Waals surface area contributed by atoms with E-state index in [-0.39, 0.29) is 6.61 Å². The largest absolute Gasteiger partial charge is 0.480 e. The van der Waals surface area contributed by atoms with Gasteiger partial charge in [0.1, 0.15) is 0 Å². The maximum atomic E-state index is 12.0. The molecule has 0 amide bonds. The van der Waals surface area contributed by atoms with Crippen LogP contribution in [0.1, 0.15) is 65.7 Å². The summed E-state index contributed by atoms with van der Waals surface area (Å²) in [5.74, 6) is -1.62. The summed E-state index contributed by atoms with van der Waals surface area (Å²) in [7, 11) is 0. The van der Waals surface area contributed by atoms with E-state index in [1.54, 1.807) is 6.92 Å². The first-order valence-electron chi connectivity index (χ1n) is 6.95. The predicted molar refractivity (Wildman–Crippen MR) is 70.4 cm³/mol. The Morgan fingerprint density at radius 1 is 1.00 bits per heavy atom. The highest BCUT2D eigenvalue weighted by Crippen LogP contribution is 2.33. The second kappa shape index (κ2) is 8.95. The van der Waals surface area contributed by atoms with Crippen LogP contribution in [0.3, 0.4) is 0 Å². The normalized spacial score (nSPS) is 13.9. The number of hydrogen-bond donors (Lipinski definition) is 1. The fourth-order valence-corrected chi connectivity index (χ4v) is 2.18. The van der Waals surface area contributed by atoms with Gasteiger partial charge in [-0.1, -0.05) is 46.0 Å². The van der Waals surface area contributed by atoms with E-state index < -0.39 is 17.4 Å². The van der Waals surface area contributed by atoms with Gasteiger partial charge in [-0.25, -0.2) is 0 Å². The summed E-state index contributed by atoms with van der Waals surface area (Å²) in [5.41, 5.74) is -1.33. The lowest BCUT2D eigenvalue weighted by Gasteiger charge is -2.26. The second-order valence-corrected chi connectivity index (χ2v) is 4.67. The Balaban J connectivity index is 4.74. The zero-order valence-electron chi connectivity index (χ0n) is 11.8.